The van der Waals surface area contributed by atoms with Gasteiger partial charge in [0.1, 0.15) is 6.54 Å². The second-order valence-electron chi connectivity index (χ2n) is 5.19. The highest BCUT2D eigenvalue weighted by Gasteiger charge is 2.24. The lowest BCUT2D eigenvalue weighted by Gasteiger charge is -2.29. The summed E-state index contributed by atoms with van der Waals surface area (Å²) in [4.78, 5) is 12.0. The van der Waals surface area contributed by atoms with E-state index in [1.165, 1.54) is 0 Å². The maximum absolute atomic E-state index is 12.0. The number of carbonyl (C=O) groups excluding carboxylic acids is 1. The third-order valence-corrected chi connectivity index (χ3v) is 3.83. The third kappa shape index (κ3) is 3.13. The van der Waals surface area contributed by atoms with Gasteiger partial charge in [-0.05, 0) is 39.3 Å². The Morgan fingerprint density at radius 3 is 2.84 bits per heavy atom. The quantitative estimate of drug-likeness (QED) is 0.698. The number of nitrogens with one attached hydrogen (secondary N) is 2. The first-order valence-electron chi connectivity index (χ1n) is 6.67. The smallest absolute Gasteiger partial charge is 0.242 e. The van der Waals surface area contributed by atoms with E-state index in [9.17, 15) is 9.90 Å². The minimum absolute atomic E-state index is 0.100. The fourth-order valence-electron chi connectivity index (χ4n) is 2.34. The largest absolute Gasteiger partial charge is 0.390 e. The summed E-state index contributed by atoms with van der Waals surface area (Å²) in [6, 6.07) is -0.160. The number of amides is 1. The Bertz CT molecular complexity index is 469. The van der Waals surface area contributed by atoms with Gasteiger partial charge in [0, 0.05) is 12.2 Å². The van der Waals surface area contributed by atoms with Crippen LogP contribution in [-0.2, 0) is 11.3 Å². The van der Waals surface area contributed by atoms with E-state index in [0.29, 0.717) is 6.54 Å². The van der Waals surface area contributed by atoms with Crippen molar-refractivity contribution in [2.24, 2.45) is 0 Å². The van der Waals surface area contributed by atoms with Crippen molar-refractivity contribution in [3.8, 4) is 0 Å². The molecule has 6 nitrogen and oxygen atoms in total. The Morgan fingerprint density at radius 2 is 2.26 bits per heavy atom. The zero-order valence-electron chi connectivity index (χ0n) is 11.7. The van der Waals surface area contributed by atoms with Crippen LogP contribution in [-0.4, -0.2) is 46.0 Å². The Hall–Kier alpha value is -1.40. The first kappa shape index (κ1) is 14.0. The highest BCUT2D eigenvalue weighted by atomic mass is 16.3. The van der Waals surface area contributed by atoms with Crippen molar-refractivity contribution < 1.29 is 9.90 Å². The predicted octanol–water partition coefficient (Wildman–Crippen LogP) is -0.353. The summed E-state index contributed by atoms with van der Waals surface area (Å²) in [7, 11) is 0. The Kier molecular flexibility index (Phi) is 4.21. The number of aromatic nitrogens is 2. The van der Waals surface area contributed by atoms with E-state index in [4.69, 9.17) is 0 Å². The molecule has 1 aliphatic rings. The Labute approximate surface area is 113 Å². The molecule has 1 aromatic heterocycles. The van der Waals surface area contributed by atoms with Gasteiger partial charge in [0.15, 0.2) is 0 Å². The zero-order chi connectivity index (χ0) is 14.0. The van der Waals surface area contributed by atoms with Crippen molar-refractivity contribution in [3.63, 3.8) is 0 Å². The fourth-order valence-corrected chi connectivity index (χ4v) is 2.34. The number of aliphatic hydroxyl groups excluding tert-OH is 1. The van der Waals surface area contributed by atoms with E-state index in [-0.39, 0.29) is 18.5 Å². The molecule has 1 amide bonds. The summed E-state index contributed by atoms with van der Waals surface area (Å²) < 4.78 is 1.72. The molecule has 2 atom stereocenters. The molecule has 106 valence electrons. The number of rotatable bonds is 3. The molecule has 0 radical (unpaired) electrons. The minimum atomic E-state index is -0.514. The monoisotopic (exact) mass is 266 g/mol. The molecular formula is C13H22N4O2. The Balaban J connectivity index is 1.95. The molecular weight excluding hydrogens is 244 g/mol. The SMILES string of the molecule is Cc1nn(CC(=O)N[C@@H]2CCNC[C@H]2O)c(C)c1C. The van der Waals surface area contributed by atoms with E-state index in [1.54, 1.807) is 4.68 Å². The van der Waals surface area contributed by atoms with E-state index >= 15 is 0 Å². The van der Waals surface area contributed by atoms with E-state index in [1.807, 2.05) is 20.8 Å². The molecule has 6 heteroatoms. The van der Waals surface area contributed by atoms with Crippen LogP contribution in [0.15, 0.2) is 0 Å². The number of nitrogens with zero attached hydrogens (tertiary/aromatic N) is 2. The van der Waals surface area contributed by atoms with Crippen LogP contribution in [0.3, 0.4) is 0 Å². The van der Waals surface area contributed by atoms with Gasteiger partial charge in [0.2, 0.25) is 5.91 Å². The number of hydrogen-bond donors (Lipinski definition) is 3. The summed E-state index contributed by atoms with van der Waals surface area (Å²) in [5.41, 5.74) is 3.08. The van der Waals surface area contributed by atoms with Crippen molar-refractivity contribution in [2.75, 3.05) is 13.1 Å². The van der Waals surface area contributed by atoms with Crippen LogP contribution >= 0.6 is 0 Å². The summed E-state index contributed by atoms with van der Waals surface area (Å²) in [5.74, 6) is -0.100. The van der Waals surface area contributed by atoms with Gasteiger partial charge < -0.3 is 15.7 Å². The molecule has 0 bridgehead atoms. The fraction of sp³-hybridized carbons (Fsp3) is 0.692. The van der Waals surface area contributed by atoms with Crippen LogP contribution in [0.4, 0.5) is 0 Å². The molecule has 3 N–H and O–H groups in total. The highest BCUT2D eigenvalue weighted by molar-refractivity contribution is 5.76. The van der Waals surface area contributed by atoms with Crippen LogP contribution in [0.1, 0.15) is 23.4 Å². The molecule has 1 aliphatic heterocycles. The van der Waals surface area contributed by atoms with Gasteiger partial charge >= 0.3 is 0 Å². The van der Waals surface area contributed by atoms with Crippen molar-refractivity contribution >= 4 is 5.91 Å². The molecule has 2 rings (SSSR count). The van der Waals surface area contributed by atoms with Crippen LogP contribution in [0.25, 0.3) is 0 Å². The van der Waals surface area contributed by atoms with E-state index in [0.717, 1.165) is 29.9 Å². The number of β-amino-alcohol motifs (C(OH)–C–C–N with tert-alkyl or cyclic N) is 1. The topological polar surface area (TPSA) is 79.2 Å². The number of carbonyl (C=O) groups is 1. The zero-order valence-corrected chi connectivity index (χ0v) is 11.7. The van der Waals surface area contributed by atoms with E-state index in [2.05, 4.69) is 15.7 Å². The lowest BCUT2D eigenvalue weighted by Crippen LogP contribution is -2.53. The molecule has 0 spiro atoms. The summed E-state index contributed by atoms with van der Waals surface area (Å²) in [6.07, 6.45) is 0.239. The number of piperidine rings is 1. The van der Waals surface area contributed by atoms with Crippen molar-refractivity contribution in [1.82, 2.24) is 20.4 Å². The van der Waals surface area contributed by atoms with Gasteiger partial charge in [-0.2, -0.15) is 5.10 Å². The third-order valence-electron chi connectivity index (χ3n) is 3.83. The van der Waals surface area contributed by atoms with E-state index < -0.39 is 6.10 Å². The molecule has 19 heavy (non-hydrogen) atoms. The maximum atomic E-state index is 12.0. The molecule has 0 aromatic carbocycles. The Morgan fingerprint density at radius 1 is 1.53 bits per heavy atom. The minimum Gasteiger partial charge on any atom is -0.390 e. The van der Waals surface area contributed by atoms with Crippen LogP contribution in [0.5, 0.6) is 0 Å². The molecule has 2 heterocycles. The van der Waals surface area contributed by atoms with Gasteiger partial charge in [-0.3, -0.25) is 9.48 Å². The number of aryl methyl sites for hydroxylation is 1. The van der Waals surface area contributed by atoms with Crippen LogP contribution < -0.4 is 10.6 Å². The van der Waals surface area contributed by atoms with Gasteiger partial charge in [-0.15, -0.1) is 0 Å². The van der Waals surface area contributed by atoms with Crippen molar-refractivity contribution in [1.29, 1.82) is 0 Å². The van der Waals surface area contributed by atoms with Gasteiger partial charge in [0.25, 0.3) is 0 Å². The van der Waals surface area contributed by atoms with Gasteiger partial charge in [-0.25, -0.2) is 0 Å². The lowest BCUT2D eigenvalue weighted by molar-refractivity contribution is -0.123. The average molecular weight is 266 g/mol. The van der Waals surface area contributed by atoms with Crippen molar-refractivity contribution in [2.45, 2.75) is 45.9 Å². The normalized spacial score (nSPS) is 23.4. The second-order valence-corrected chi connectivity index (χ2v) is 5.19. The number of hydrogen-bond acceptors (Lipinski definition) is 4. The predicted molar refractivity (Wildman–Crippen MR) is 71.9 cm³/mol. The van der Waals surface area contributed by atoms with Crippen molar-refractivity contribution in [3.05, 3.63) is 17.0 Å². The molecule has 0 aliphatic carbocycles. The first-order valence-corrected chi connectivity index (χ1v) is 6.67. The molecule has 1 saturated heterocycles. The standard InChI is InChI=1S/C13H22N4O2/c1-8-9(2)16-17(10(8)3)7-13(19)15-11-4-5-14-6-12(11)18/h11-12,14,18H,4-7H2,1-3H3,(H,15,19)/t11-,12-/m1/s1. The molecule has 0 unspecified atom stereocenters. The summed E-state index contributed by atoms with van der Waals surface area (Å²) in [6.45, 7) is 7.46. The first-order chi connectivity index (χ1) is 8.99. The van der Waals surface area contributed by atoms with Gasteiger partial charge in [-0.1, -0.05) is 0 Å². The van der Waals surface area contributed by atoms with Gasteiger partial charge in [0.05, 0.1) is 17.8 Å². The number of aliphatic hydroxyl groups is 1. The van der Waals surface area contributed by atoms with Crippen LogP contribution in [0.2, 0.25) is 0 Å². The molecule has 1 fully saturated rings. The average Bonchev–Trinajstić information content (AvgIpc) is 2.60. The molecule has 0 saturated carbocycles. The summed E-state index contributed by atoms with van der Waals surface area (Å²) >= 11 is 0. The van der Waals surface area contributed by atoms with Crippen LogP contribution in [0, 0.1) is 20.8 Å². The maximum Gasteiger partial charge on any atom is 0.242 e. The highest BCUT2D eigenvalue weighted by Crippen LogP contribution is 2.11. The molecule has 1 aromatic rings. The summed E-state index contributed by atoms with van der Waals surface area (Å²) in [5, 5.41) is 20.1. The lowest BCUT2D eigenvalue weighted by atomic mass is 10.0. The second kappa shape index (κ2) is 5.71.